The summed E-state index contributed by atoms with van der Waals surface area (Å²) in [7, 11) is 0. The van der Waals surface area contributed by atoms with Crippen LogP contribution in [-0.4, -0.2) is 11.2 Å². The molecule has 0 fully saturated rings. The molecule has 0 spiro atoms. The van der Waals surface area contributed by atoms with E-state index < -0.39 is 6.10 Å². The summed E-state index contributed by atoms with van der Waals surface area (Å²) in [5, 5.41) is 9.78. The molecular formula is C11H15Br2NO. The Morgan fingerprint density at radius 1 is 1.33 bits per heavy atom. The Labute approximate surface area is 107 Å². The second kappa shape index (κ2) is 5.99. The van der Waals surface area contributed by atoms with Crippen molar-refractivity contribution in [3.8, 4) is 0 Å². The van der Waals surface area contributed by atoms with Crippen molar-refractivity contribution in [3.63, 3.8) is 0 Å². The highest BCUT2D eigenvalue weighted by Crippen LogP contribution is 2.27. The molecule has 0 aromatic heterocycles. The molecule has 4 heteroatoms. The quantitative estimate of drug-likeness (QED) is 0.885. The van der Waals surface area contributed by atoms with Gasteiger partial charge in [0.25, 0.3) is 0 Å². The van der Waals surface area contributed by atoms with Crippen LogP contribution in [0, 0.1) is 0 Å². The minimum atomic E-state index is -0.469. The molecule has 0 heterocycles. The van der Waals surface area contributed by atoms with Crippen molar-refractivity contribution in [1.82, 2.24) is 0 Å². The number of aliphatic hydroxyl groups is 1. The van der Waals surface area contributed by atoms with Crippen LogP contribution in [-0.2, 0) is 0 Å². The number of benzene rings is 1. The molecule has 0 amide bonds. The topological polar surface area (TPSA) is 46.2 Å². The van der Waals surface area contributed by atoms with Crippen molar-refractivity contribution in [3.05, 3.63) is 32.7 Å². The number of aliphatic hydroxyl groups excluding tert-OH is 1. The molecule has 0 aliphatic rings. The molecule has 0 bridgehead atoms. The summed E-state index contributed by atoms with van der Waals surface area (Å²) in [6, 6.07) is 5.48. The van der Waals surface area contributed by atoms with Crippen LogP contribution in [0.15, 0.2) is 27.1 Å². The highest BCUT2D eigenvalue weighted by atomic mass is 79.9. The van der Waals surface area contributed by atoms with Gasteiger partial charge < -0.3 is 10.8 Å². The Morgan fingerprint density at radius 3 is 2.53 bits per heavy atom. The van der Waals surface area contributed by atoms with Crippen molar-refractivity contribution in [1.29, 1.82) is 0 Å². The molecular weight excluding hydrogens is 322 g/mol. The molecule has 84 valence electrons. The first-order chi connectivity index (χ1) is 7.06. The minimum absolute atomic E-state index is 0.311. The molecule has 0 unspecified atom stereocenters. The number of rotatable bonds is 4. The Bertz CT molecular complexity index is 330. The lowest BCUT2D eigenvalue weighted by atomic mass is 9.99. The maximum absolute atomic E-state index is 9.78. The molecule has 1 aromatic rings. The third-order valence-electron chi connectivity index (χ3n) is 2.33. The van der Waals surface area contributed by atoms with Gasteiger partial charge in [-0.2, -0.15) is 0 Å². The van der Waals surface area contributed by atoms with E-state index in [4.69, 9.17) is 5.73 Å². The second-order valence-electron chi connectivity index (χ2n) is 3.56. The number of hydrogen-bond acceptors (Lipinski definition) is 2. The minimum Gasteiger partial charge on any atom is -0.391 e. The van der Waals surface area contributed by atoms with Crippen LogP contribution in [0.3, 0.4) is 0 Å². The first-order valence-electron chi connectivity index (χ1n) is 4.94. The van der Waals surface area contributed by atoms with Gasteiger partial charge in [0.15, 0.2) is 0 Å². The van der Waals surface area contributed by atoms with Crippen LogP contribution in [0.25, 0.3) is 0 Å². The third kappa shape index (κ3) is 3.55. The standard InChI is InChI=1S/C11H15Br2NO/c1-2-3-10(15)11(14)7-4-5-8(12)9(13)6-7/h4-6,10-11,15H,2-3,14H2,1H3/t10-,11+/m0/s1. The average molecular weight is 337 g/mol. The lowest BCUT2D eigenvalue weighted by molar-refractivity contribution is 0.134. The van der Waals surface area contributed by atoms with E-state index in [1.165, 1.54) is 0 Å². The maximum atomic E-state index is 9.78. The molecule has 3 N–H and O–H groups in total. The Balaban J connectivity index is 2.81. The smallest absolute Gasteiger partial charge is 0.0732 e. The highest BCUT2D eigenvalue weighted by molar-refractivity contribution is 9.13. The Morgan fingerprint density at radius 2 is 2.00 bits per heavy atom. The van der Waals surface area contributed by atoms with E-state index in [0.717, 1.165) is 27.4 Å². The van der Waals surface area contributed by atoms with Crippen molar-refractivity contribution in [2.24, 2.45) is 5.73 Å². The Kier molecular flexibility index (Phi) is 5.26. The molecule has 15 heavy (non-hydrogen) atoms. The molecule has 0 aliphatic heterocycles. The van der Waals surface area contributed by atoms with Gasteiger partial charge in [-0.15, -0.1) is 0 Å². The normalized spacial score (nSPS) is 15.0. The highest BCUT2D eigenvalue weighted by Gasteiger charge is 2.16. The van der Waals surface area contributed by atoms with E-state index >= 15 is 0 Å². The maximum Gasteiger partial charge on any atom is 0.0732 e. The molecule has 0 saturated heterocycles. The summed E-state index contributed by atoms with van der Waals surface area (Å²) in [6.07, 6.45) is 1.20. The van der Waals surface area contributed by atoms with E-state index in [0.29, 0.717) is 0 Å². The number of nitrogens with two attached hydrogens (primary N) is 1. The summed E-state index contributed by atoms with van der Waals surface area (Å²) < 4.78 is 1.95. The fourth-order valence-corrected chi connectivity index (χ4v) is 2.06. The van der Waals surface area contributed by atoms with E-state index in [1.807, 2.05) is 25.1 Å². The molecule has 0 aliphatic carbocycles. The third-order valence-corrected chi connectivity index (χ3v) is 4.21. The van der Waals surface area contributed by atoms with Gasteiger partial charge in [-0.05, 0) is 56.0 Å². The van der Waals surface area contributed by atoms with Gasteiger partial charge in [0.2, 0.25) is 0 Å². The van der Waals surface area contributed by atoms with Gasteiger partial charge >= 0.3 is 0 Å². The van der Waals surface area contributed by atoms with Gasteiger partial charge in [-0.1, -0.05) is 19.4 Å². The second-order valence-corrected chi connectivity index (χ2v) is 5.26. The van der Waals surface area contributed by atoms with Gasteiger partial charge in [0.05, 0.1) is 12.1 Å². The first-order valence-corrected chi connectivity index (χ1v) is 6.53. The van der Waals surface area contributed by atoms with E-state index in [2.05, 4.69) is 31.9 Å². The Hall–Kier alpha value is 0.1000. The van der Waals surface area contributed by atoms with Crippen LogP contribution in [0.2, 0.25) is 0 Å². The summed E-state index contributed by atoms with van der Waals surface area (Å²) >= 11 is 6.81. The van der Waals surface area contributed by atoms with Crippen molar-refractivity contribution in [2.45, 2.75) is 31.9 Å². The molecule has 1 aromatic carbocycles. The fraction of sp³-hybridized carbons (Fsp3) is 0.455. The number of hydrogen-bond donors (Lipinski definition) is 2. The summed E-state index contributed by atoms with van der Waals surface area (Å²) in [5.41, 5.74) is 6.91. The van der Waals surface area contributed by atoms with Crippen LogP contribution < -0.4 is 5.73 Å². The molecule has 2 nitrogen and oxygen atoms in total. The van der Waals surface area contributed by atoms with Gasteiger partial charge in [-0.3, -0.25) is 0 Å². The van der Waals surface area contributed by atoms with E-state index in [1.54, 1.807) is 0 Å². The number of halogens is 2. The SMILES string of the molecule is CCC[C@H](O)[C@H](N)c1ccc(Br)c(Br)c1. The zero-order valence-electron chi connectivity index (χ0n) is 8.58. The summed E-state index contributed by atoms with van der Waals surface area (Å²) in [6.45, 7) is 2.04. The van der Waals surface area contributed by atoms with Crippen LogP contribution in [0.1, 0.15) is 31.4 Å². The van der Waals surface area contributed by atoms with Gasteiger partial charge in [0, 0.05) is 8.95 Å². The van der Waals surface area contributed by atoms with Crippen molar-refractivity contribution < 1.29 is 5.11 Å². The van der Waals surface area contributed by atoms with Crippen molar-refractivity contribution in [2.75, 3.05) is 0 Å². The average Bonchev–Trinajstić information content (AvgIpc) is 2.21. The predicted octanol–water partition coefficient (Wildman–Crippen LogP) is 3.37. The summed E-state index contributed by atoms with van der Waals surface area (Å²) in [5.74, 6) is 0. The monoisotopic (exact) mass is 335 g/mol. The fourth-order valence-electron chi connectivity index (χ4n) is 1.42. The van der Waals surface area contributed by atoms with Gasteiger partial charge in [-0.25, -0.2) is 0 Å². The zero-order valence-corrected chi connectivity index (χ0v) is 11.8. The molecule has 0 radical (unpaired) electrons. The van der Waals surface area contributed by atoms with E-state index in [9.17, 15) is 5.11 Å². The largest absolute Gasteiger partial charge is 0.391 e. The lowest BCUT2D eigenvalue weighted by Crippen LogP contribution is -2.25. The molecule has 0 saturated carbocycles. The van der Waals surface area contributed by atoms with E-state index in [-0.39, 0.29) is 6.04 Å². The van der Waals surface area contributed by atoms with Crippen LogP contribution >= 0.6 is 31.9 Å². The van der Waals surface area contributed by atoms with Crippen LogP contribution in [0.4, 0.5) is 0 Å². The predicted molar refractivity (Wildman–Crippen MR) is 69.7 cm³/mol. The van der Waals surface area contributed by atoms with Crippen LogP contribution in [0.5, 0.6) is 0 Å². The first kappa shape index (κ1) is 13.2. The van der Waals surface area contributed by atoms with Crippen molar-refractivity contribution >= 4 is 31.9 Å². The molecule has 1 rings (SSSR count). The zero-order chi connectivity index (χ0) is 11.4. The molecule has 2 atom stereocenters. The summed E-state index contributed by atoms with van der Waals surface area (Å²) in [4.78, 5) is 0. The lowest BCUT2D eigenvalue weighted by Gasteiger charge is -2.19. The van der Waals surface area contributed by atoms with Gasteiger partial charge in [0.1, 0.15) is 0 Å².